The molecule has 1 aromatic rings. The summed E-state index contributed by atoms with van der Waals surface area (Å²) in [5.74, 6) is -1.14. The third-order valence-corrected chi connectivity index (χ3v) is 5.72. The van der Waals surface area contributed by atoms with E-state index in [2.05, 4.69) is 10.6 Å². The quantitative estimate of drug-likeness (QED) is 0.488. The molecule has 9 heteroatoms. The molecule has 1 atom stereocenters. The summed E-state index contributed by atoms with van der Waals surface area (Å²) in [5, 5.41) is 5.32. The number of carbonyl (C=O) groups is 4. The fourth-order valence-electron chi connectivity index (χ4n) is 3.94. The fraction of sp³-hybridized carbons (Fsp3) is 0.615. The summed E-state index contributed by atoms with van der Waals surface area (Å²) in [6, 6.07) is 4.72. The first-order valence-corrected chi connectivity index (χ1v) is 12.2. The normalized spacial score (nSPS) is 14.3. The van der Waals surface area contributed by atoms with Crippen LogP contribution >= 0.6 is 0 Å². The number of nitrogens with zero attached hydrogens (tertiary/aromatic N) is 1. The number of alkyl carbamates (subject to hydrolysis) is 1. The number of carbonyl (C=O) groups excluding carboxylic acids is 4. The highest BCUT2D eigenvalue weighted by atomic mass is 16.6. The summed E-state index contributed by atoms with van der Waals surface area (Å²) in [5.41, 5.74) is 1.94. The molecule has 35 heavy (non-hydrogen) atoms. The van der Waals surface area contributed by atoms with Gasteiger partial charge < -0.3 is 25.0 Å². The van der Waals surface area contributed by atoms with Gasteiger partial charge in [-0.15, -0.1) is 0 Å². The van der Waals surface area contributed by atoms with Crippen molar-refractivity contribution in [1.29, 1.82) is 0 Å². The molecule has 0 radical (unpaired) electrons. The van der Waals surface area contributed by atoms with Crippen LogP contribution in [0.4, 0.5) is 4.79 Å². The average molecular weight is 490 g/mol. The molecule has 9 nitrogen and oxygen atoms in total. The lowest BCUT2D eigenvalue weighted by atomic mass is 9.87. The molecular weight excluding hydrogens is 450 g/mol. The Kier molecular flexibility index (Phi) is 10.1. The van der Waals surface area contributed by atoms with Gasteiger partial charge in [0.25, 0.3) is 0 Å². The molecule has 2 N–H and O–H groups in total. The van der Waals surface area contributed by atoms with Crippen molar-refractivity contribution in [1.82, 2.24) is 15.5 Å². The molecule has 1 aliphatic rings. The molecule has 1 unspecified atom stereocenters. The Labute approximate surface area is 207 Å². The van der Waals surface area contributed by atoms with Crippen LogP contribution in [0.5, 0.6) is 0 Å². The third-order valence-electron chi connectivity index (χ3n) is 5.72. The summed E-state index contributed by atoms with van der Waals surface area (Å²) in [7, 11) is 0. The minimum absolute atomic E-state index is 0.0384. The lowest BCUT2D eigenvalue weighted by molar-refractivity contribution is -0.146. The summed E-state index contributed by atoms with van der Waals surface area (Å²) in [4.78, 5) is 52.3. The molecule has 0 heterocycles. The van der Waals surface area contributed by atoms with E-state index in [0.29, 0.717) is 5.56 Å². The maximum atomic E-state index is 13.5. The van der Waals surface area contributed by atoms with Gasteiger partial charge in [-0.25, -0.2) is 4.79 Å². The van der Waals surface area contributed by atoms with E-state index in [1.54, 1.807) is 32.6 Å². The molecule has 1 aliphatic carbocycles. The number of hydrogen-bond donors (Lipinski definition) is 2. The first-order valence-electron chi connectivity index (χ1n) is 12.2. The smallest absolute Gasteiger partial charge is 0.408 e. The van der Waals surface area contributed by atoms with Crippen LogP contribution in [0.25, 0.3) is 0 Å². The number of rotatable bonds is 10. The van der Waals surface area contributed by atoms with Crippen molar-refractivity contribution < 1.29 is 28.7 Å². The lowest BCUT2D eigenvalue weighted by Gasteiger charge is -2.42. The van der Waals surface area contributed by atoms with Gasteiger partial charge in [0.1, 0.15) is 18.2 Å². The largest absolute Gasteiger partial charge is 0.466 e. The molecule has 0 aliphatic heterocycles. The number of nitrogens with one attached hydrogen (secondary N) is 2. The van der Waals surface area contributed by atoms with Crippen molar-refractivity contribution in [2.24, 2.45) is 0 Å². The molecule has 1 aromatic carbocycles. The van der Waals surface area contributed by atoms with Crippen LogP contribution in [-0.4, -0.2) is 60.1 Å². The summed E-state index contributed by atoms with van der Waals surface area (Å²) >= 11 is 0. The maximum absolute atomic E-state index is 13.5. The molecule has 3 amide bonds. The fourth-order valence-corrected chi connectivity index (χ4v) is 3.94. The van der Waals surface area contributed by atoms with E-state index in [1.165, 1.54) is 0 Å². The zero-order valence-electron chi connectivity index (χ0n) is 21.7. The van der Waals surface area contributed by atoms with Gasteiger partial charge in [-0.3, -0.25) is 14.4 Å². The van der Waals surface area contributed by atoms with Crippen molar-refractivity contribution in [2.45, 2.75) is 84.9 Å². The lowest BCUT2D eigenvalue weighted by Crippen LogP contribution is -2.54. The van der Waals surface area contributed by atoms with Gasteiger partial charge in [0.2, 0.25) is 11.8 Å². The first-order chi connectivity index (χ1) is 16.4. The molecule has 0 aromatic heterocycles. The highest BCUT2D eigenvalue weighted by Crippen LogP contribution is 2.34. The Morgan fingerprint density at radius 3 is 2.34 bits per heavy atom. The Hall–Kier alpha value is -3.10. The molecule has 1 saturated carbocycles. The predicted molar refractivity (Wildman–Crippen MR) is 132 cm³/mol. The van der Waals surface area contributed by atoms with Gasteiger partial charge in [-0.2, -0.15) is 0 Å². The van der Waals surface area contributed by atoms with Crippen molar-refractivity contribution in [2.75, 3.05) is 19.7 Å². The van der Waals surface area contributed by atoms with E-state index in [1.807, 2.05) is 32.0 Å². The minimum Gasteiger partial charge on any atom is -0.466 e. The van der Waals surface area contributed by atoms with Gasteiger partial charge in [0, 0.05) is 12.6 Å². The number of esters is 1. The van der Waals surface area contributed by atoms with E-state index < -0.39 is 23.7 Å². The van der Waals surface area contributed by atoms with Crippen molar-refractivity contribution >= 4 is 23.9 Å². The Bertz CT molecular complexity index is 920. The van der Waals surface area contributed by atoms with E-state index in [4.69, 9.17) is 9.47 Å². The highest BCUT2D eigenvalue weighted by Gasteiger charge is 2.39. The average Bonchev–Trinajstić information content (AvgIpc) is 2.70. The topological polar surface area (TPSA) is 114 Å². The minimum atomic E-state index is -0.893. The molecule has 194 valence electrons. The zero-order valence-corrected chi connectivity index (χ0v) is 21.7. The van der Waals surface area contributed by atoms with Crippen LogP contribution in [0.2, 0.25) is 0 Å². The summed E-state index contributed by atoms with van der Waals surface area (Å²) in [6.45, 7) is 10.9. The number of hydrogen-bond acceptors (Lipinski definition) is 6. The van der Waals surface area contributed by atoms with Gasteiger partial charge in [-0.1, -0.05) is 23.8 Å². The molecule has 0 saturated heterocycles. The third kappa shape index (κ3) is 8.56. The van der Waals surface area contributed by atoms with Crippen molar-refractivity contribution in [3.63, 3.8) is 0 Å². The predicted octanol–water partition coefficient (Wildman–Crippen LogP) is 3.32. The van der Waals surface area contributed by atoms with Crippen LogP contribution < -0.4 is 10.6 Å². The Balaban J connectivity index is 2.28. The second-order valence-corrected chi connectivity index (χ2v) is 9.85. The van der Waals surface area contributed by atoms with Gasteiger partial charge >= 0.3 is 12.1 Å². The molecule has 0 spiro atoms. The maximum Gasteiger partial charge on any atom is 0.408 e. The monoisotopic (exact) mass is 489 g/mol. The second kappa shape index (κ2) is 12.6. The van der Waals surface area contributed by atoms with Gasteiger partial charge in [0.05, 0.1) is 13.0 Å². The van der Waals surface area contributed by atoms with Gasteiger partial charge in [-0.05, 0) is 71.9 Å². The highest BCUT2D eigenvalue weighted by molar-refractivity contribution is 5.91. The molecule has 1 fully saturated rings. The van der Waals surface area contributed by atoms with E-state index >= 15 is 0 Å². The zero-order chi connectivity index (χ0) is 26.2. The number of ether oxygens (including phenoxy) is 2. The Morgan fingerprint density at radius 2 is 1.80 bits per heavy atom. The van der Waals surface area contributed by atoms with Crippen LogP contribution in [-0.2, 0) is 23.9 Å². The van der Waals surface area contributed by atoms with Crippen molar-refractivity contribution in [3.05, 3.63) is 34.9 Å². The molecule has 2 rings (SSSR count). The SMILES string of the molecule is CCOC(=O)CCNC(=O)C(c1ccc(C)cc1C)N(C(=O)CNC(=O)OC(C)(C)C)C1CCC1. The Morgan fingerprint density at radius 1 is 1.11 bits per heavy atom. The number of aryl methyl sites for hydroxylation is 2. The summed E-state index contributed by atoms with van der Waals surface area (Å²) < 4.78 is 10.2. The van der Waals surface area contributed by atoms with Crippen molar-refractivity contribution in [3.8, 4) is 0 Å². The van der Waals surface area contributed by atoms with Gasteiger partial charge in [0.15, 0.2) is 0 Å². The van der Waals surface area contributed by atoms with Crippen LogP contribution in [0.1, 0.15) is 76.1 Å². The number of benzene rings is 1. The summed E-state index contributed by atoms with van der Waals surface area (Å²) in [6.07, 6.45) is 1.85. The van der Waals surface area contributed by atoms with Crippen LogP contribution in [0, 0.1) is 13.8 Å². The molecule has 0 bridgehead atoms. The second-order valence-electron chi connectivity index (χ2n) is 9.85. The number of amides is 3. The van der Waals surface area contributed by atoms with Crippen LogP contribution in [0.15, 0.2) is 18.2 Å². The standard InChI is InChI=1S/C26H39N3O6/c1-7-34-22(31)13-14-27-24(32)23(20-12-11-17(2)15-18(20)3)29(19-9-8-10-19)21(30)16-28-25(33)35-26(4,5)6/h11-12,15,19,23H,7-10,13-14,16H2,1-6H3,(H,27,32)(H,28,33). The first kappa shape index (κ1) is 28.1. The molecular formula is C26H39N3O6. The van der Waals surface area contributed by atoms with E-state index in [9.17, 15) is 19.2 Å². The van der Waals surface area contributed by atoms with E-state index in [0.717, 1.165) is 30.4 Å². The van der Waals surface area contributed by atoms with E-state index in [-0.39, 0.29) is 44.0 Å². The van der Waals surface area contributed by atoms with Crippen LogP contribution in [0.3, 0.4) is 0 Å².